The molecule has 0 amide bonds. The van der Waals surface area contributed by atoms with Gasteiger partial charge in [-0.15, -0.1) is 0 Å². The van der Waals surface area contributed by atoms with E-state index in [1.54, 1.807) is 0 Å². The van der Waals surface area contributed by atoms with E-state index >= 15 is 0 Å². The summed E-state index contributed by atoms with van der Waals surface area (Å²) in [5, 5.41) is 11.2. The molecule has 4 nitrogen and oxygen atoms in total. The standard InChI is InChI=1S/C11H9NO3S.C6H3Cl/c13-11(14)9(16)10-12-8(6-15-10)7-4-2-1-3-5-7;7-6-3-4-1-2-5(4)6/h1-6,9,16H,(H,13,14);1-3H. The van der Waals surface area contributed by atoms with Crippen molar-refractivity contribution >= 4 is 30.2 Å². The zero-order chi connectivity index (χ0) is 16.4. The lowest BCUT2D eigenvalue weighted by atomic mass is 10.1. The number of thiol groups is 1. The molecular weight excluding hydrogens is 334 g/mol. The van der Waals surface area contributed by atoms with Crippen molar-refractivity contribution in [1.82, 2.24) is 4.98 Å². The van der Waals surface area contributed by atoms with Crippen molar-refractivity contribution in [3.05, 3.63) is 76.1 Å². The van der Waals surface area contributed by atoms with E-state index in [4.69, 9.17) is 21.1 Å². The van der Waals surface area contributed by atoms with Crippen LogP contribution in [-0.4, -0.2) is 16.1 Å². The average molecular weight is 346 g/mol. The molecule has 0 fully saturated rings. The molecule has 1 aromatic carbocycles. The molecule has 0 radical (unpaired) electrons. The maximum Gasteiger partial charge on any atom is 0.325 e. The molecule has 1 unspecified atom stereocenters. The van der Waals surface area contributed by atoms with Crippen molar-refractivity contribution in [2.45, 2.75) is 5.25 Å². The SMILES string of the molecule is Clc1cc2ccc1=2.O=C(O)C(S)c1nc(-c2ccccc2)co1. The highest BCUT2D eigenvalue weighted by atomic mass is 35.5. The molecule has 1 heterocycles. The van der Waals surface area contributed by atoms with Crippen LogP contribution in [0.15, 0.2) is 59.2 Å². The Morgan fingerprint density at radius 1 is 1.22 bits per heavy atom. The second-order valence-corrected chi connectivity index (χ2v) is 5.80. The predicted molar refractivity (Wildman–Crippen MR) is 90.4 cm³/mol. The first-order chi connectivity index (χ1) is 11.1. The van der Waals surface area contributed by atoms with Crippen molar-refractivity contribution in [3.63, 3.8) is 0 Å². The molecule has 0 spiro atoms. The molecule has 0 saturated heterocycles. The largest absolute Gasteiger partial charge is 0.480 e. The fourth-order valence-electron chi connectivity index (χ4n) is 2.00. The minimum absolute atomic E-state index is 0.0923. The molecule has 1 N–H and O–H groups in total. The van der Waals surface area contributed by atoms with Gasteiger partial charge in [-0.3, -0.25) is 4.79 Å². The van der Waals surface area contributed by atoms with Crippen LogP contribution >= 0.6 is 24.2 Å². The number of oxazole rings is 1. The summed E-state index contributed by atoms with van der Waals surface area (Å²) < 4.78 is 5.07. The van der Waals surface area contributed by atoms with Gasteiger partial charge in [0.15, 0.2) is 5.25 Å². The van der Waals surface area contributed by atoms with E-state index < -0.39 is 11.2 Å². The van der Waals surface area contributed by atoms with Crippen molar-refractivity contribution in [2.75, 3.05) is 0 Å². The molecule has 116 valence electrons. The lowest BCUT2D eigenvalue weighted by Gasteiger charge is -2.01. The molecule has 2 aliphatic carbocycles. The topological polar surface area (TPSA) is 63.3 Å². The van der Waals surface area contributed by atoms with Crippen molar-refractivity contribution in [3.8, 4) is 11.3 Å². The molecule has 0 saturated carbocycles. The Bertz CT molecular complexity index is 940. The van der Waals surface area contributed by atoms with Crippen LogP contribution in [0, 0.1) is 10.4 Å². The first kappa shape index (κ1) is 15.6. The summed E-state index contributed by atoms with van der Waals surface area (Å²) in [4.78, 5) is 14.7. The van der Waals surface area contributed by atoms with E-state index in [9.17, 15) is 4.79 Å². The summed E-state index contributed by atoms with van der Waals surface area (Å²) >= 11 is 9.48. The monoisotopic (exact) mass is 345 g/mol. The number of nitrogens with zero attached hydrogens (tertiary/aromatic N) is 1. The lowest BCUT2D eigenvalue weighted by molar-refractivity contribution is -0.136. The summed E-state index contributed by atoms with van der Waals surface area (Å²) in [5.74, 6) is -0.987. The minimum atomic E-state index is -1.08. The van der Waals surface area contributed by atoms with Crippen LogP contribution in [0.5, 0.6) is 0 Å². The van der Waals surface area contributed by atoms with Gasteiger partial charge in [0.2, 0.25) is 5.89 Å². The maximum absolute atomic E-state index is 10.7. The van der Waals surface area contributed by atoms with Gasteiger partial charge in [-0.2, -0.15) is 12.6 Å². The van der Waals surface area contributed by atoms with Gasteiger partial charge in [0, 0.05) is 15.8 Å². The van der Waals surface area contributed by atoms with E-state index in [0.29, 0.717) is 5.69 Å². The molecule has 0 bridgehead atoms. The highest BCUT2D eigenvalue weighted by molar-refractivity contribution is 7.81. The Labute approximate surface area is 142 Å². The number of hydrogen-bond acceptors (Lipinski definition) is 4. The van der Waals surface area contributed by atoms with Crippen LogP contribution in [0.25, 0.3) is 11.3 Å². The fourth-order valence-corrected chi connectivity index (χ4v) is 2.41. The summed E-state index contributed by atoms with van der Waals surface area (Å²) in [6.07, 6.45) is 1.43. The van der Waals surface area contributed by atoms with Gasteiger partial charge in [-0.25, -0.2) is 4.98 Å². The van der Waals surface area contributed by atoms with Gasteiger partial charge in [0.1, 0.15) is 12.0 Å². The smallest absolute Gasteiger partial charge is 0.325 e. The fraction of sp³-hybridized carbons (Fsp3) is 0.0588. The van der Waals surface area contributed by atoms with Crippen molar-refractivity contribution in [2.24, 2.45) is 0 Å². The Morgan fingerprint density at radius 2 is 1.96 bits per heavy atom. The van der Waals surface area contributed by atoms with Crippen LogP contribution in [0.2, 0.25) is 5.02 Å². The molecule has 1 atom stereocenters. The number of rotatable bonds is 3. The molecule has 2 aliphatic rings. The van der Waals surface area contributed by atoms with E-state index in [1.165, 1.54) is 16.7 Å². The number of aromatic nitrogens is 1. The first-order valence-corrected chi connectivity index (χ1v) is 7.67. The molecule has 2 aromatic rings. The summed E-state index contributed by atoms with van der Waals surface area (Å²) in [6, 6.07) is 15.4. The molecule has 4 rings (SSSR count). The number of hydrogen-bond donors (Lipinski definition) is 2. The Hall–Kier alpha value is -2.24. The Kier molecular flexibility index (Phi) is 4.41. The second-order valence-electron chi connectivity index (χ2n) is 4.87. The third-order valence-corrected chi connectivity index (χ3v) is 4.09. The zero-order valence-corrected chi connectivity index (χ0v) is 13.5. The normalized spacial score (nSPS) is 12.1. The maximum atomic E-state index is 10.7. The van der Waals surface area contributed by atoms with E-state index in [1.807, 2.05) is 42.5 Å². The Balaban J connectivity index is 0.000000183. The van der Waals surface area contributed by atoms with E-state index in [2.05, 4.69) is 23.7 Å². The highest BCUT2D eigenvalue weighted by Gasteiger charge is 2.20. The van der Waals surface area contributed by atoms with Gasteiger partial charge in [-0.1, -0.05) is 54.1 Å². The Morgan fingerprint density at radius 3 is 2.39 bits per heavy atom. The number of carboxylic acids is 1. The molecule has 1 aromatic heterocycles. The van der Waals surface area contributed by atoms with Gasteiger partial charge >= 0.3 is 5.97 Å². The van der Waals surface area contributed by atoms with Crippen LogP contribution < -0.4 is 0 Å². The molecule has 23 heavy (non-hydrogen) atoms. The van der Waals surface area contributed by atoms with E-state index in [-0.39, 0.29) is 5.89 Å². The highest BCUT2D eigenvalue weighted by Crippen LogP contribution is 2.24. The summed E-state index contributed by atoms with van der Waals surface area (Å²) in [6.45, 7) is 0. The number of carbonyl (C=O) groups is 1. The van der Waals surface area contributed by atoms with Gasteiger partial charge in [0.05, 0.1) is 0 Å². The lowest BCUT2D eigenvalue weighted by Crippen LogP contribution is -2.05. The number of halogens is 1. The summed E-state index contributed by atoms with van der Waals surface area (Å²) in [7, 11) is 0. The van der Waals surface area contributed by atoms with Gasteiger partial charge in [0.25, 0.3) is 0 Å². The van der Waals surface area contributed by atoms with Crippen LogP contribution in [0.3, 0.4) is 0 Å². The third-order valence-electron chi connectivity index (χ3n) is 3.34. The molecule has 0 aliphatic heterocycles. The number of carboxylic acid groups (broad SMARTS) is 1. The average Bonchev–Trinajstić information content (AvgIpc) is 3.02. The molecular formula is C17H12ClNO3S. The zero-order valence-electron chi connectivity index (χ0n) is 11.8. The number of aliphatic carboxylic acids is 1. The van der Waals surface area contributed by atoms with Crippen molar-refractivity contribution in [1.29, 1.82) is 0 Å². The van der Waals surface area contributed by atoms with E-state index in [0.717, 1.165) is 10.6 Å². The van der Waals surface area contributed by atoms with Crippen LogP contribution in [-0.2, 0) is 4.79 Å². The quantitative estimate of drug-likeness (QED) is 0.542. The van der Waals surface area contributed by atoms with Gasteiger partial charge < -0.3 is 9.52 Å². The molecule has 6 heteroatoms. The summed E-state index contributed by atoms with van der Waals surface area (Å²) in [5.41, 5.74) is 1.49. The van der Waals surface area contributed by atoms with Crippen LogP contribution in [0.4, 0.5) is 0 Å². The third kappa shape index (κ3) is 3.25. The van der Waals surface area contributed by atoms with Crippen molar-refractivity contribution < 1.29 is 14.3 Å². The first-order valence-electron chi connectivity index (χ1n) is 6.78. The van der Waals surface area contributed by atoms with Gasteiger partial charge in [-0.05, 0) is 11.3 Å². The predicted octanol–water partition coefficient (Wildman–Crippen LogP) is 4.34. The number of benzene rings is 2. The van der Waals surface area contributed by atoms with Crippen LogP contribution in [0.1, 0.15) is 11.1 Å². The second kappa shape index (κ2) is 6.48. The minimum Gasteiger partial charge on any atom is -0.480 e.